The molecule has 0 atom stereocenters. The van der Waals surface area contributed by atoms with Crippen molar-refractivity contribution in [1.82, 2.24) is 9.13 Å². The summed E-state index contributed by atoms with van der Waals surface area (Å²) in [5.74, 6) is -0.487. The van der Waals surface area contributed by atoms with Crippen LogP contribution in [0.15, 0.2) is 70.3 Å². The van der Waals surface area contributed by atoms with E-state index in [1.807, 2.05) is 30.3 Å². The fraction of sp³-hybridized carbons (Fsp3) is 0.355. The summed E-state index contributed by atoms with van der Waals surface area (Å²) < 4.78 is 65.8. The van der Waals surface area contributed by atoms with Crippen LogP contribution in [-0.2, 0) is 17.9 Å². The SMILES string of the molecule is COc1cc(Cn2c(=O)c3cc(OC(CF)CF)c(F)cc3n(C3CCOCC3)c2=O)ccc1OCc1ccccc1. The van der Waals surface area contributed by atoms with Crippen molar-refractivity contribution in [2.24, 2.45) is 0 Å². The number of hydrogen-bond donors (Lipinski definition) is 0. The van der Waals surface area contributed by atoms with E-state index in [-0.39, 0.29) is 23.5 Å². The zero-order valence-electron chi connectivity index (χ0n) is 23.1. The van der Waals surface area contributed by atoms with Gasteiger partial charge >= 0.3 is 5.69 Å². The Kier molecular flexibility index (Phi) is 9.16. The quantitative estimate of drug-likeness (QED) is 0.248. The van der Waals surface area contributed by atoms with Crippen LogP contribution in [-0.4, -0.2) is 48.9 Å². The van der Waals surface area contributed by atoms with Gasteiger partial charge in [-0.2, -0.15) is 0 Å². The van der Waals surface area contributed by atoms with E-state index in [4.69, 9.17) is 18.9 Å². The van der Waals surface area contributed by atoms with Gasteiger partial charge in [-0.05, 0) is 42.2 Å². The molecule has 5 rings (SSSR count). The molecule has 1 fully saturated rings. The van der Waals surface area contributed by atoms with Crippen LogP contribution >= 0.6 is 0 Å². The van der Waals surface area contributed by atoms with Gasteiger partial charge in [0.15, 0.2) is 29.2 Å². The van der Waals surface area contributed by atoms with E-state index in [2.05, 4.69) is 0 Å². The molecule has 4 aromatic rings. The van der Waals surface area contributed by atoms with Crippen LogP contribution in [0.5, 0.6) is 17.2 Å². The van der Waals surface area contributed by atoms with Gasteiger partial charge in [-0.15, -0.1) is 0 Å². The Morgan fingerprint density at radius 3 is 2.36 bits per heavy atom. The number of rotatable bonds is 11. The summed E-state index contributed by atoms with van der Waals surface area (Å²) in [6.07, 6.45) is -0.545. The van der Waals surface area contributed by atoms with Crippen molar-refractivity contribution >= 4 is 10.9 Å². The molecule has 1 aliphatic rings. The highest BCUT2D eigenvalue weighted by molar-refractivity contribution is 5.80. The minimum Gasteiger partial charge on any atom is -0.493 e. The summed E-state index contributed by atoms with van der Waals surface area (Å²) in [5.41, 5.74) is 0.343. The molecular formula is C31H31F3N2O6. The molecule has 1 saturated heterocycles. The van der Waals surface area contributed by atoms with Crippen molar-refractivity contribution < 1.29 is 32.1 Å². The van der Waals surface area contributed by atoms with Crippen molar-refractivity contribution in [3.8, 4) is 17.2 Å². The smallest absolute Gasteiger partial charge is 0.332 e. The highest BCUT2D eigenvalue weighted by atomic mass is 19.1. The number of fused-ring (bicyclic) bond motifs is 1. The Bertz CT molecular complexity index is 1650. The lowest BCUT2D eigenvalue weighted by atomic mass is 10.1. The third-order valence-corrected chi connectivity index (χ3v) is 7.22. The van der Waals surface area contributed by atoms with Gasteiger partial charge in [-0.1, -0.05) is 36.4 Å². The van der Waals surface area contributed by atoms with Gasteiger partial charge in [0.1, 0.15) is 20.0 Å². The Morgan fingerprint density at radius 2 is 1.67 bits per heavy atom. The van der Waals surface area contributed by atoms with Crippen molar-refractivity contribution in [3.05, 3.63) is 98.4 Å². The van der Waals surface area contributed by atoms with E-state index in [1.165, 1.54) is 11.7 Å². The van der Waals surface area contributed by atoms with E-state index < -0.39 is 42.3 Å². The molecular weight excluding hydrogens is 553 g/mol. The molecule has 3 aromatic carbocycles. The molecule has 0 aliphatic carbocycles. The first-order valence-corrected chi connectivity index (χ1v) is 13.6. The molecule has 222 valence electrons. The first kappa shape index (κ1) is 29.2. The van der Waals surface area contributed by atoms with Gasteiger partial charge < -0.3 is 18.9 Å². The second kappa shape index (κ2) is 13.2. The number of aromatic nitrogens is 2. The minimum atomic E-state index is -1.52. The number of hydrogen-bond acceptors (Lipinski definition) is 6. The fourth-order valence-corrected chi connectivity index (χ4v) is 5.04. The van der Waals surface area contributed by atoms with Crippen LogP contribution in [0.2, 0.25) is 0 Å². The first-order chi connectivity index (χ1) is 20.4. The van der Waals surface area contributed by atoms with E-state index in [9.17, 15) is 18.4 Å². The molecule has 2 heterocycles. The molecule has 0 N–H and O–H groups in total. The molecule has 0 amide bonds. The molecule has 0 saturated carbocycles. The molecule has 8 nitrogen and oxygen atoms in total. The maximum atomic E-state index is 15.1. The first-order valence-electron chi connectivity index (χ1n) is 13.6. The van der Waals surface area contributed by atoms with Gasteiger partial charge in [0, 0.05) is 25.3 Å². The molecule has 1 aromatic heterocycles. The average Bonchev–Trinajstić information content (AvgIpc) is 3.02. The summed E-state index contributed by atoms with van der Waals surface area (Å²) in [6, 6.07) is 16.5. The van der Waals surface area contributed by atoms with Crippen LogP contribution in [0.4, 0.5) is 13.2 Å². The number of nitrogens with zero attached hydrogens (tertiary/aromatic N) is 2. The second-order valence-electron chi connectivity index (χ2n) is 10.00. The van der Waals surface area contributed by atoms with Gasteiger partial charge in [0.2, 0.25) is 0 Å². The Hall–Kier alpha value is -4.25. The third-order valence-electron chi connectivity index (χ3n) is 7.22. The number of alkyl halides is 2. The number of ether oxygens (including phenoxy) is 4. The molecule has 11 heteroatoms. The summed E-state index contributed by atoms with van der Waals surface area (Å²) in [5, 5.41) is -0.0104. The summed E-state index contributed by atoms with van der Waals surface area (Å²) in [7, 11) is 1.49. The van der Waals surface area contributed by atoms with Crippen molar-refractivity contribution in [1.29, 1.82) is 0 Å². The Morgan fingerprint density at radius 1 is 0.929 bits per heavy atom. The summed E-state index contributed by atoms with van der Waals surface area (Å²) in [6.45, 7) is -1.34. The van der Waals surface area contributed by atoms with Crippen LogP contribution in [0.25, 0.3) is 10.9 Å². The van der Waals surface area contributed by atoms with Crippen LogP contribution < -0.4 is 25.5 Å². The van der Waals surface area contributed by atoms with Crippen LogP contribution in [0, 0.1) is 5.82 Å². The second-order valence-corrected chi connectivity index (χ2v) is 10.00. The van der Waals surface area contributed by atoms with Crippen molar-refractivity contribution in [2.45, 2.75) is 38.1 Å². The van der Waals surface area contributed by atoms with Crippen LogP contribution in [0.1, 0.15) is 30.0 Å². The normalized spacial score (nSPS) is 13.9. The molecule has 0 radical (unpaired) electrons. The number of methoxy groups -OCH3 is 1. The average molecular weight is 585 g/mol. The maximum absolute atomic E-state index is 15.1. The Labute approximate surface area is 239 Å². The lowest BCUT2D eigenvalue weighted by Crippen LogP contribution is -2.42. The third kappa shape index (κ3) is 6.15. The van der Waals surface area contributed by atoms with Gasteiger partial charge in [-0.25, -0.2) is 18.0 Å². The largest absolute Gasteiger partial charge is 0.493 e. The highest BCUT2D eigenvalue weighted by Crippen LogP contribution is 2.30. The van der Waals surface area contributed by atoms with Gasteiger partial charge in [-0.3, -0.25) is 13.9 Å². The molecule has 1 aliphatic heterocycles. The van der Waals surface area contributed by atoms with E-state index in [0.717, 1.165) is 22.3 Å². The van der Waals surface area contributed by atoms with E-state index >= 15 is 4.39 Å². The summed E-state index contributed by atoms with van der Waals surface area (Å²) >= 11 is 0. The number of benzene rings is 3. The molecule has 0 unspecified atom stereocenters. The standard InChI is InChI=1S/C31H31F3N2O6/c1-39-29-13-21(7-8-27(29)41-19-20-5-3-2-4-6-20)18-35-30(37)24-14-28(42-23(16-32)17-33)25(34)15-26(24)36(31(35)38)22-9-11-40-12-10-22/h2-8,13-15,22-23H,9-12,16-19H2,1H3. The molecule has 42 heavy (non-hydrogen) atoms. The Balaban J connectivity index is 1.56. The highest BCUT2D eigenvalue weighted by Gasteiger charge is 2.25. The summed E-state index contributed by atoms with van der Waals surface area (Å²) in [4.78, 5) is 27.5. The zero-order chi connectivity index (χ0) is 29.6. The van der Waals surface area contributed by atoms with Gasteiger partial charge in [0.05, 0.1) is 24.6 Å². The minimum absolute atomic E-state index is 0.0104. The topological polar surface area (TPSA) is 80.9 Å². The lowest BCUT2D eigenvalue weighted by Gasteiger charge is -2.26. The van der Waals surface area contributed by atoms with E-state index in [1.54, 1.807) is 18.2 Å². The van der Waals surface area contributed by atoms with Crippen molar-refractivity contribution in [2.75, 3.05) is 33.7 Å². The number of halogens is 3. The van der Waals surface area contributed by atoms with E-state index in [0.29, 0.717) is 49.7 Å². The fourth-order valence-electron chi connectivity index (χ4n) is 5.04. The molecule has 0 spiro atoms. The molecule has 0 bridgehead atoms. The monoisotopic (exact) mass is 584 g/mol. The lowest BCUT2D eigenvalue weighted by molar-refractivity contribution is 0.0691. The van der Waals surface area contributed by atoms with Crippen LogP contribution in [0.3, 0.4) is 0 Å². The predicted molar refractivity (Wildman–Crippen MR) is 151 cm³/mol. The maximum Gasteiger partial charge on any atom is 0.332 e. The predicted octanol–water partition coefficient (Wildman–Crippen LogP) is 4.98. The zero-order valence-corrected chi connectivity index (χ0v) is 23.1. The van der Waals surface area contributed by atoms with Crippen molar-refractivity contribution in [3.63, 3.8) is 0 Å². The van der Waals surface area contributed by atoms with Gasteiger partial charge in [0.25, 0.3) is 5.56 Å².